The quantitative estimate of drug-likeness (QED) is 0.215. The zero-order valence-corrected chi connectivity index (χ0v) is 21.8. The summed E-state index contributed by atoms with van der Waals surface area (Å²) in [6.45, 7) is 3.16. The van der Waals surface area contributed by atoms with E-state index in [1.54, 1.807) is 30.3 Å². The molecule has 0 radical (unpaired) electrons. The Morgan fingerprint density at radius 2 is 1.92 bits per heavy atom. The molecular formula is C24H25FN5O5PS. The summed E-state index contributed by atoms with van der Waals surface area (Å²) >= 11 is 1.32. The Labute approximate surface area is 217 Å². The first kappa shape index (κ1) is 28.3. The van der Waals surface area contributed by atoms with Crippen molar-refractivity contribution in [3.05, 3.63) is 88.5 Å². The highest BCUT2D eigenvalue weighted by Gasteiger charge is 2.39. The SMILES string of the molecule is CC.N#Cc1ccc(-c2csc(C[C@@](Cn3cncn3)(OCOP(=O)(O)O)c3ccccc3F)n2)cc1. The first-order chi connectivity index (χ1) is 17.8. The van der Waals surface area contributed by atoms with Crippen molar-refractivity contribution in [1.29, 1.82) is 5.26 Å². The Bertz CT molecular complexity index is 1370. The highest BCUT2D eigenvalue weighted by atomic mass is 32.1. The summed E-state index contributed by atoms with van der Waals surface area (Å²) in [7, 11) is -4.84. The van der Waals surface area contributed by atoms with E-state index in [0.717, 1.165) is 5.56 Å². The summed E-state index contributed by atoms with van der Waals surface area (Å²) in [5.74, 6) is -0.576. The molecule has 2 N–H and O–H groups in total. The van der Waals surface area contributed by atoms with Crippen LogP contribution in [0.15, 0.2) is 66.6 Å². The Balaban J connectivity index is 0.00000186. The van der Waals surface area contributed by atoms with Crippen LogP contribution in [-0.2, 0) is 32.4 Å². The van der Waals surface area contributed by atoms with E-state index in [2.05, 4.69) is 25.7 Å². The van der Waals surface area contributed by atoms with Crippen molar-refractivity contribution in [3.63, 3.8) is 0 Å². The molecular weight excluding hydrogens is 520 g/mol. The molecule has 0 bridgehead atoms. The maximum absolute atomic E-state index is 15.1. The van der Waals surface area contributed by atoms with Crippen LogP contribution in [-0.4, -0.2) is 36.3 Å². The number of phosphoric acid groups is 1. The Kier molecular flexibility index (Phi) is 9.77. The van der Waals surface area contributed by atoms with Crippen LogP contribution in [0.3, 0.4) is 0 Å². The second kappa shape index (κ2) is 12.8. The smallest absolute Gasteiger partial charge is 0.341 e. The van der Waals surface area contributed by atoms with Gasteiger partial charge < -0.3 is 14.5 Å². The summed E-state index contributed by atoms with van der Waals surface area (Å²) in [5.41, 5.74) is 0.622. The number of ether oxygens (including phenoxy) is 1. The van der Waals surface area contributed by atoms with Gasteiger partial charge >= 0.3 is 7.82 Å². The van der Waals surface area contributed by atoms with Crippen LogP contribution >= 0.6 is 19.2 Å². The summed E-state index contributed by atoms with van der Waals surface area (Å²) in [5, 5.41) is 15.5. The lowest BCUT2D eigenvalue weighted by Gasteiger charge is -2.33. The van der Waals surface area contributed by atoms with Gasteiger partial charge in [-0.25, -0.2) is 23.6 Å². The van der Waals surface area contributed by atoms with Crippen molar-refractivity contribution in [2.75, 3.05) is 6.79 Å². The largest absolute Gasteiger partial charge is 0.471 e. The number of benzene rings is 2. The third-order valence-corrected chi connectivity index (χ3v) is 6.39. The topological polar surface area (TPSA) is 143 Å². The molecule has 0 fully saturated rings. The zero-order chi connectivity index (χ0) is 26.9. The number of nitrogens with zero attached hydrogens (tertiary/aromatic N) is 5. The van der Waals surface area contributed by atoms with Gasteiger partial charge in [-0.1, -0.05) is 44.2 Å². The third kappa shape index (κ3) is 7.60. The minimum absolute atomic E-state index is 0.0375. The normalized spacial score (nSPS) is 12.8. The number of hydrogen-bond acceptors (Lipinski definition) is 8. The molecule has 0 amide bonds. The van der Waals surface area contributed by atoms with Gasteiger partial charge in [-0.05, 0) is 18.2 Å². The van der Waals surface area contributed by atoms with E-state index in [-0.39, 0.29) is 18.5 Å². The molecule has 2 aromatic carbocycles. The van der Waals surface area contributed by atoms with Gasteiger partial charge in [0.2, 0.25) is 0 Å². The van der Waals surface area contributed by atoms with E-state index in [1.165, 1.54) is 46.9 Å². The lowest BCUT2D eigenvalue weighted by Crippen LogP contribution is -2.39. The molecule has 2 aromatic heterocycles. The standard InChI is InChI=1S/C22H19FN5O5PS.C2H6/c23-19-4-2-1-3-18(19)22(12-28-14-25-13-26-28,32-15-33-34(29,30)31)9-21-27-20(11-35-21)17-7-5-16(10-24)6-8-17;1-2/h1-8,11,13-14H,9,12,15H2,(H2,29,30,31);1-2H3/t22-;/m0./s1. The summed E-state index contributed by atoms with van der Waals surface area (Å²) in [4.78, 5) is 26.8. The molecule has 0 aliphatic rings. The second-order valence-corrected chi connectivity index (χ2v) is 9.62. The van der Waals surface area contributed by atoms with Crippen molar-refractivity contribution in [1.82, 2.24) is 19.7 Å². The average Bonchev–Trinajstić information content (AvgIpc) is 3.57. The first-order valence-electron chi connectivity index (χ1n) is 11.1. The molecule has 10 nitrogen and oxygen atoms in total. The van der Waals surface area contributed by atoms with Crippen LogP contribution in [0.2, 0.25) is 0 Å². The van der Waals surface area contributed by atoms with Gasteiger partial charge in [0.15, 0.2) is 6.79 Å². The summed E-state index contributed by atoms with van der Waals surface area (Å²) < 4.78 is 38.2. The fraction of sp³-hybridized carbons (Fsp3) is 0.250. The van der Waals surface area contributed by atoms with Crippen molar-refractivity contribution in [2.45, 2.75) is 32.4 Å². The summed E-state index contributed by atoms with van der Waals surface area (Å²) in [6.07, 6.45) is 2.77. The maximum atomic E-state index is 15.1. The molecule has 37 heavy (non-hydrogen) atoms. The van der Waals surface area contributed by atoms with Crippen LogP contribution in [0.1, 0.15) is 30.0 Å². The van der Waals surface area contributed by atoms with E-state index >= 15 is 4.39 Å². The monoisotopic (exact) mass is 545 g/mol. The molecule has 0 spiro atoms. The number of phosphoric ester groups is 1. The number of halogens is 1. The van der Waals surface area contributed by atoms with Crippen LogP contribution in [0, 0.1) is 17.1 Å². The number of nitriles is 1. The van der Waals surface area contributed by atoms with Crippen molar-refractivity contribution in [3.8, 4) is 17.3 Å². The Morgan fingerprint density at radius 1 is 1.19 bits per heavy atom. The molecule has 0 aliphatic heterocycles. The summed E-state index contributed by atoms with van der Waals surface area (Å²) in [6, 6.07) is 14.9. The van der Waals surface area contributed by atoms with Crippen LogP contribution in [0.4, 0.5) is 4.39 Å². The minimum atomic E-state index is -4.84. The Hall–Kier alpha value is -3.30. The van der Waals surface area contributed by atoms with Gasteiger partial charge in [0.05, 0.1) is 28.9 Å². The highest BCUT2D eigenvalue weighted by Crippen LogP contribution is 2.39. The van der Waals surface area contributed by atoms with Gasteiger partial charge in [-0.3, -0.25) is 4.52 Å². The molecule has 13 heteroatoms. The van der Waals surface area contributed by atoms with Crippen molar-refractivity contribution >= 4 is 19.2 Å². The van der Waals surface area contributed by atoms with Gasteiger partial charge in [0, 0.05) is 22.9 Å². The van der Waals surface area contributed by atoms with E-state index < -0.39 is 26.0 Å². The Morgan fingerprint density at radius 3 is 2.54 bits per heavy atom. The first-order valence-corrected chi connectivity index (χ1v) is 13.6. The molecule has 194 valence electrons. The van der Waals surface area contributed by atoms with Crippen LogP contribution < -0.4 is 0 Å². The fourth-order valence-corrected chi connectivity index (χ4v) is 4.60. The average molecular weight is 546 g/mol. The molecule has 1 atom stereocenters. The van der Waals surface area contributed by atoms with E-state index in [9.17, 15) is 4.57 Å². The van der Waals surface area contributed by atoms with Gasteiger partial charge in [-0.15, -0.1) is 11.3 Å². The number of thiazole rings is 1. The van der Waals surface area contributed by atoms with Crippen molar-refractivity contribution < 1.29 is 28.0 Å². The van der Waals surface area contributed by atoms with E-state index in [4.69, 9.17) is 19.8 Å². The van der Waals surface area contributed by atoms with Gasteiger partial charge in [0.1, 0.15) is 24.1 Å². The minimum Gasteiger partial charge on any atom is -0.341 e. The van der Waals surface area contributed by atoms with Crippen LogP contribution in [0.25, 0.3) is 11.3 Å². The maximum Gasteiger partial charge on any atom is 0.471 e. The van der Waals surface area contributed by atoms with Gasteiger partial charge in [-0.2, -0.15) is 10.4 Å². The molecule has 2 heterocycles. The van der Waals surface area contributed by atoms with Crippen molar-refractivity contribution in [2.24, 2.45) is 0 Å². The predicted octanol–water partition coefficient (Wildman–Crippen LogP) is 4.66. The molecule has 0 unspecified atom stereocenters. The number of hydrogen-bond donors (Lipinski definition) is 2. The lowest BCUT2D eigenvalue weighted by molar-refractivity contribution is -0.128. The number of rotatable bonds is 10. The zero-order valence-electron chi connectivity index (χ0n) is 20.1. The van der Waals surface area contributed by atoms with Gasteiger partial charge in [0.25, 0.3) is 0 Å². The highest BCUT2D eigenvalue weighted by molar-refractivity contribution is 7.46. The predicted molar refractivity (Wildman–Crippen MR) is 134 cm³/mol. The van der Waals surface area contributed by atoms with E-state index in [0.29, 0.717) is 16.3 Å². The fourth-order valence-electron chi connectivity index (χ4n) is 3.51. The van der Waals surface area contributed by atoms with E-state index in [1.807, 2.05) is 19.2 Å². The second-order valence-electron chi connectivity index (χ2n) is 7.44. The third-order valence-electron chi connectivity index (χ3n) is 5.10. The molecule has 0 saturated carbocycles. The molecule has 4 aromatic rings. The molecule has 4 rings (SSSR count). The van der Waals surface area contributed by atoms with Crippen LogP contribution in [0.5, 0.6) is 0 Å². The number of aromatic nitrogens is 4. The molecule has 0 aliphatic carbocycles. The lowest BCUT2D eigenvalue weighted by atomic mass is 9.89. The molecule has 0 saturated heterocycles.